The number of rotatable bonds is 61. The fourth-order valence-corrected chi connectivity index (χ4v) is 9.59. The van der Waals surface area contributed by atoms with Gasteiger partial charge in [0.25, 0.3) is 0 Å². The van der Waals surface area contributed by atoms with Crippen LogP contribution in [-0.4, -0.2) is 37.2 Å². The molecule has 0 aromatic carbocycles. The molecular formula is C71H126O6. The molecule has 77 heavy (non-hydrogen) atoms. The van der Waals surface area contributed by atoms with E-state index in [0.717, 1.165) is 89.9 Å². The summed E-state index contributed by atoms with van der Waals surface area (Å²) in [7, 11) is 0. The Bertz CT molecular complexity index is 1420. The first kappa shape index (κ1) is 73.8. The summed E-state index contributed by atoms with van der Waals surface area (Å²) < 4.78 is 17.0. The van der Waals surface area contributed by atoms with Crippen molar-refractivity contribution >= 4 is 17.9 Å². The second-order valence-electron chi connectivity index (χ2n) is 22.4. The van der Waals surface area contributed by atoms with Crippen molar-refractivity contribution in [1.29, 1.82) is 0 Å². The Kier molecular flexibility index (Phi) is 62.7. The molecular weight excluding hydrogens is 949 g/mol. The van der Waals surface area contributed by atoms with E-state index in [2.05, 4.69) is 93.7 Å². The lowest BCUT2D eigenvalue weighted by Gasteiger charge is -2.18. The maximum absolute atomic E-state index is 12.9. The summed E-state index contributed by atoms with van der Waals surface area (Å²) in [5.41, 5.74) is 0. The van der Waals surface area contributed by atoms with Crippen LogP contribution in [0.25, 0.3) is 0 Å². The van der Waals surface area contributed by atoms with Crippen molar-refractivity contribution in [2.24, 2.45) is 0 Å². The summed E-state index contributed by atoms with van der Waals surface area (Å²) in [6.07, 6.45) is 84.8. The van der Waals surface area contributed by atoms with Crippen LogP contribution in [0.3, 0.4) is 0 Å². The third-order valence-electron chi connectivity index (χ3n) is 14.7. The van der Waals surface area contributed by atoms with Gasteiger partial charge in [-0.2, -0.15) is 0 Å². The smallest absolute Gasteiger partial charge is 0.306 e. The summed E-state index contributed by atoms with van der Waals surface area (Å²) in [5.74, 6) is -0.883. The van der Waals surface area contributed by atoms with E-state index in [9.17, 15) is 14.4 Å². The quantitative estimate of drug-likeness (QED) is 0.0261. The van der Waals surface area contributed by atoms with Gasteiger partial charge in [0, 0.05) is 19.3 Å². The molecule has 0 bridgehead atoms. The third kappa shape index (κ3) is 63.6. The standard InChI is InChI=1S/C71H126O6/c1-4-7-10-13-16-19-22-25-28-30-32-33-34-35-36-37-39-40-43-46-49-52-55-58-61-64-70(73)76-67-68(66-75-69(72)63-60-57-54-51-48-45-42-27-24-21-18-15-12-9-6-3)77-71(74)65-62-59-56-53-50-47-44-41-38-31-29-26-23-20-17-14-11-8-5-2/h17-18,20-22,25-27,29-30,32,42,68H,4-16,19,23-24,28,31,33-41,43-67H2,1-3H3/b20-17-,21-18-,25-22-,29-26-,32-30-,42-27-. The summed E-state index contributed by atoms with van der Waals surface area (Å²) >= 11 is 0. The normalized spacial score (nSPS) is 12.5. The minimum Gasteiger partial charge on any atom is -0.462 e. The summed E-state index contributed by atoms with van der Waals surface area (Å²) in [5, 5.41) is 0. The summed E-state index contributed by atoms with van der Waals surface area (Å²) in [6.45, 7) is 6.61. The largest absolute Gasteiger partial charge is 0.462 e. The minimum absolute atomic E-state index is 0.0802. The van der Waals surface area contributed by atoms with Gasteiger partial charge in [0.2, 0.25) is 0 Å². The van der Waals surface area contributed by atoms with Gasteiger partial charge in [0.05, 0.1) is 0 Å². The van der Waals surface area contributed by atoms with Crippen LogP contribution in [0.4, 0.5) is 0 Å². The molecule has 0 aliphatic carbocycles. The highest BCUT2D eigenvalue weighted by Gasteiger charge is 2.19. The van der Waals surface area contributed by atoms with Crippen molar-refractivity contribution in [1.82, 2.24) is 0 Å². The number of ether oxygens (including phenoxy) is 3. The summed E-state index contributed by atoms with van der Waals surface area (Å²) in [4.78, 5) is 38.4. The Morgan fingerprint density at radius 2 is 0.468 bits per heavy atom. The van der Waals surface area contributed by atoms with Crippen molar-refractivity contribution in [2.45, 2.75) is 348 Å². The fourth-order valence-electron chi connectivity index (χ4n) is 9.59. The molecule has 0 aliphatic heterocycles. The Morgan fingerprint density at radius 3 is 0.740 bits per heavy atom. The van der Waals surface area contributed by atoms with E-state index in [1.165, 1.54) is 212 Å². The Labute approximate surface area is 478 Å². The van der Waals surface area contributed by atoms with Gasteiger partial charge >= 0.3 is 17.9 Å². The summed E-state index contributed by atoms with van der Waals surface area (Å²) in [6, 6.07) is 0. The molecule has 0 rings (SSSR count). The molecule has 6 heteroatoms. The molecule has 0 saturated carbocycles. The molecule has 0 fully saturated rings. The van der Waals surface area contributed by atoms with Crippen LogP contribution in [0.5, 0.6) is 0 Å². The van der Waals surface area contributed by atoms with Crippen LogP contribution in [0.1, 0.15) is 342 Å². The molecule has 0 heterocycles. The SMILES string of the molecule is CCCCC/C=C\C/C=C\CCCCCCCCCCCC(=O)OC(COC(=O)CCCCCCC/C=C\C/C=C\CCCCC)COC(=O)CCCCCCCCCCCCCCC/C=C\C/C=C\CCCCCCC. The first-order valence-corrected chi connectivity index (χ1v) is 33.4. The molecule has 0 spiro atoms. The lowest BCUT2D eigenvalue weighted by atomic mass is 10.0. The molecule has 0 amide bonds. The molecule has 0 N–H and O–H groups in total. The molecule has 6 nitrogen and oxygen atoms in total. The molecule has 0 aromatic heterocycles. The first-order chi connectivity index (χ1) is 38.0. The predicted molar refractivity (Wildman–Crippen MR) is 335 cm³/mol. The second-order valence-corrected chi connectivity index (χ2v) is 22.4. The zero-order valence-electron chi connectivity index (χ0n) is 51.2. The minimum atomic E-state index is -0.785. The van der Waals surface area contributed by atoms with Gasteiger partial charge in [0.1, 0.15) is 13.2 Å². The van der Waals surface area contributed by atoms with E-state index in [4.69, 9.17) is 14.2 Å². The van der Waals surface area contributed by atoms with Crippen molar-refractivity contribution in [3.8, 4) is 0 Å². The lowest BCUT2D eigenvalue weighted by molar-refractivity contribution is -0.167. The average molecular weight is 1080 g/mol. The number of esters is 3. The van der Waals surface area contributed by atoms with Crippen LogP contribution in [0, 0.1) is 0 Å². The van der Waals surface area contributed by atoms with Gasteiger partial charge in [-0.3, -0.25) is 14.4 Å². The number of hydrogen-bond acceptors (Lipinski definition) is 6. The van der Waals surface area contributed by atoms with E-state index in [-0.39, 0.29) is 31.1 Å². The van der Waals surface area contributed by atoms with Gasteiger partial charge in [-0.25, -0.2) is 0 Å². The van der Waals surface area contributed by atoms with E-state index in [1.54, 1.807) is 0 Å². The van der Waals surface area contributed by atoms with Gasteiger partial charge in [-0.15, -0.1) is 0 Å². The van der Waals surface area contributed by atoms with Crippen LogP contribution in [-0.2, 0) is 28.6 Å². The number of unbranched alkanes of at least 4 members (excludes halogenated alkanes) is 38. The highest BCUT2D eigenvalue weighted by Crippen LogP contribution is 2.17. The number of allylic oxidation sites excluding steroid dienone is 12. The van der Waals surface area contributed by atoms with Crippen molar-refractivity contribution in [3.05, 3.63) is 72.9 Å². The van der Waals surface area contributed by atoms with Crippen molar-refractivity contribution in [2.75, 3.05) is 13.2 Å². The van der Waals surface area contributed by atoms with E-state index in [0.29, 0.717) is 19.3 Å². The first-order valence-electron chi connectivity index (χ1n) is 33.4. The predicted octanol–water partition coefficient (Wildman–Crippen LogP) is 22.9. The highest BCUT2D eigenvalue weighted by atomic mass is 16.6. The average Bonchev–Trinajstić information content (AvgIpc) is 3.43. The number of hydrogen-bond donors (Lipinski definition) is 0. The molecule has 0 aromatic rings. The lowest BCUT2D eigenvalue weighted by Crippen LogP contribution is -2.30. The van der Waals surface area contributed by atoms with Gasteiger partial charge in [-0.05, 0) is 116 Å². The zero-order chi connectivity index (χ0) is 55.7. The molecule has 0 radical (unpaired) electrons. The molecule has 446 valence electrons. The topological polar surface area (TPSA) is 78.9 Å². The maximum Gasteiger partial charge on any atom is 0.306 e. The van der Waals surface area contributed by atoms with Crippen LogP contribution in [0.2, 0.25) is 0 Å². The van der Waals surface area contributed by atoms with Crippen LogP contribution >= 0.6 is 0 Å². The number of carbonyl (C=O) groups excluding carboxylic acids is 3. The van der Waals surface area contributed by atoms with E-state index in [1.807, 2.05) is 0 Å². The van der Waals surface area contributed by atoms with Crippen LogP contribution in [0.15, 0.2) is 72.9 Å². The monoisotopic (exact) mass is 1070 g/mol. The molecule has 1 unspecified atom stereocenters. The van der Waals surface area contributed by atoms with E-state index >= 15 is 0 Å². The van der Waals surface area contributed by atoms with Crippen molar-refractivity contribution < 1.29 is 28.6 Å². The molecule has 1 atom stereocenters. The highest BCUT2D eigenvalue weighted by molar-refractivity contribution is 5.71. The second kappa shape index (κ2) is 65.4. The Balaban J connectivity index is 4.32. The van der Waals surface area contributed by atoms with Gasteiger partial charge in [-0.1, -0.05) is 280 Å². The molecule has 0 saturated heterocycles. The zero-order valence-corrected chi connectivity index (χ0v) is 51.2. The Morgan fingerprint density at radius 1 is 0.260 bits per heavy atom. The van der Waals surface area contributed by atoms with E-state index < -0.39 is 6.10 Å². The molecule has 0 aliphatic rings. The van der Waals surface area contributed by atoms with Crippen molar-refractivity contribution in [3.63, 3.8) is 0 Å². The fraction of sp³-hybridized carbons (Fsp3) is 0.789. The Hall–Kier alpha value is -3.15. The maximum atomic E-state index is 12.9. The van der Waals surface area contributed by atoms with Gasteiger partial charge < -0.3 is 14.2 Å². The number of carbonyl (C=O) groups is 3. The van der Waals surface area contributed by atoms with Gasteiger partial charge in [0.15, 0.2) is 6.10 Å². The van der Waals surface area contributed by atoms with Crippen LogP contribution < -0.4 is 0 Å². The third-order valence-corrected chi connectivity index (χ3v) is 14.7.